The molecule has 0 spiro atoms. The van der Waals surface area contributed by atoms with Crippen molar-refractivity contribution in [3.05, 3.63) is 23.4 Å². The molecule has 21 heavy (non-hydrogen) atoms. The largest absolute Gasteiger partial charge is 0.465 e. The Morgan fingerprint density at radius 1 is 1.43 bits per heavy atom. The van der Waals surface area contributed by atoms with E-state index >= 15 is 0 Å². The van der Waals surface area contributed by atoms with Gasteiger partial charge in [-0.3, -0.25) is 0 Å². The molecular formula is C15H23N3O3. The van der Waals surface area contributed by atoms with Crippen LogP contribution in [0.3, 0.4) is 0 Å². The third-order valence-corrected chi connectivity index (χ3v) is 3.54. The maximum absolute atomic E-state index is 11.5. The molecule has 2 N–H and O–H groups in total. The second kappa shape index (κ2) is 7.95. The number of carbonyl (C=O) groups is 1. The number of nitrogens with zero attached hydrogens (tertiary/aromatic N) is 1. The van der Waals surface area contributed by atoms with Gasteiger partial charge in [-0.15, -0.1) is 0 Å². The maximum atomic E-state index is 11.5. The highest BCUT2D eigenvalue weighted by Gasteiger charge is 2.13. The fourth-order valence-electron chi connectivity index (χ4n) is 2.35. The van der Waals surface area contributed by atoms with Gasteiger partial charge in [0.1, 0.15) is 5.82 Å². The van der Waals surface area contributed by atoms with Crippen LogP contribution in [0.1, 0.15) is 28.9 Å². The zero-order valence-corrected chi connectivity index (χ0v) is 12.6. The Bertz CT molecular complexity index is 473. The molecule has 116 valence electrons. The molecule has 0 radical (unpaired) electrons. The van der Waals surface area contributed by atoms with Crippen LogP contribution in [0.25, 0.3) is 0 Å². The first-order valence-corrected chi connectivity index (χ1v) is 7.33. The summed E-state index contributed by atoms with van der Waals surface area (Å²) < 4.78 is 10.5. The highest BCUT2D eigenvalue weighted by Crippen LogP contribution is 2.12. The quantitative estimate of drug-likeness (QED) is 0.609. The number of piperidine rings is 1. The first-order valence-electron chi connectivity index (χ1n) is 7.33. The van der Waals surface area contributed by atoms with E-state index in [4.69, 9.17) is 9.47 Å². The SMILES string of the molecule is COC(=O)c1ccc(NCCOC2CCNCC2)nc1C. The minimum Gasteiger partial charge on any atom is -0.465 e. The summed E-state index contributed by atoms with van der Waals surface area (Å²) in [5.41, 5.74) is 1.15. The number of anilines is 1. The lowest BCUT2D eigenvalue weighted by atomic mass is 10.1. The van der Waals surface area contributed by atoms with E-state index in [0.717, 1.165) is 31.7 Å². The summed E-state index contributed by atoms with van der Waals surface area (Å²) in [7, 11) is 1.37. The van der Waals surface area contributed by atoms with Gasteiger partial charge in [0.25, 0.3) is 0 Å². The van der Waals surface area contributed by atoms with Crippen molar-refractivity contribution >= 4 is 11.8 Å². The number of methoxy groups -OCH3 is 1. The van der Waals surface area contributed by atoms with Crippen molar-refractivity contribution in [2.75, 3.05) is 38.7 Å². The summed E-state index contributed by atoms with van der Waals surface area (Å²) >= 11 is 0. The Hall–Kier alpha value is -1.66. The number of hydrogen-bond donors (Lipinski definition) is 2. The minimum atomic E-state index is -0.360. The second-order valence-electron chi connectivity index (χ2n) is 5.07. The van der Waals surface area contributed by atoms with Crippen LogP contribution in [0.5, 0.6) is 0 Å². The van der Waals surface area contributed by atoms with Crippen molar-refractivity contribution in [1.82, 2.24) is 10.3 Å². The van der Waals surface area contributed by atoms with Crippen molar-refractivity contribution in [3.63, 3.8) is 0 Å². The number of pyridine rings is 1. The van der Waals surface area contributed by atoms with Crippen molar-refractivity contribution in [3.8, 4) is 0 Å². The molecule has 1 aliphatic heterocycles. The van der Waals surface area contributed by atoms with Gasteiger partial charge in [0.2, 0.25) is 0 Å². The molecule has 1 fully saturated rings. The number of carbonyl (C=O) groups excluding carboxylic acids is 1. The number of aryl methyl sites for hydroxylation is 1. The average Bonchev–Trinajstić information content (AvgIpc) is 2.52. The Balaban J connectivity index is 1.75. The topological polar surface area (TPSA) is 72.5 Å². The Morgan fingerprint density at radius 3 is 2.86 bits per heavy atom. The zero-order chi connectivity index (χ0) is 15.1. The molecular weight excluding hydrogens is 270 g/mol. The molecule has 0 aromatic carbocycles. The van der Waals surface area contributed by atoms with Crippen LogP contribution >= 0.6 is 0 Å². The highest BCUT2D eigenvalue weighted by atomic mass is 16.5. The molecule has 0 bridgehead atoms. The van der Waals surface area contributed by atoms with E-state index in [2.05, 4.69) is 15.6 Å². The molecule has 1 aliphatic rings. The molecule has 6 heteroatoms. The van der Waals surface area contributed by atoms with E-state index in [9.17, 15) is 4.79 Å². The van der Waals surface area contributed by atoms with Gasteiger partial charge in [-0.2, -0.15) is 0 Å². The summed E-state index contributed by atoms with van der Waals surface area (Å²) in [4.78, 5) is 15.8. The second-order valence-corrected chi connectivity index (χ2v) is 5.07. The molecule has 0 aliphatic carbocycles. The van der Waals surface area contributed by atoms with Gasteiger partial charge in [-0.25, -0.2) is 9.78 Å². The Morgan fingerprint density at radius 2 is 2.19 bits per heavy atom. The number of aromatic nitrogens is 1. The van der Waals surface area contributed by atoms with E-state index < -0.39 is 0 Å². The molecule has 2 heterocycles. The molecule has 0 unspecified atom stereocenters. The van der Waals surface area contributed by atoms with Gasteiger partial charge >= 0.3 is 5.97 Å². The van der Waals surface area contributed by atoms with Gasteiger partial charge < -0.3 is 20.1 Å². The number of ether oxygens (including phenoxy) is 2. The van der Waals surface area contributed by atoms with Crippen LogP contribution < -0.4 is 10.6 Å². The third-order valence-electron chi connectivity index (χ3n) is 3.54. The minimum absolute atomic E-state index is 0.360. The first kappa shape index (κ1) is 15.7. The third kappa shape index (κ3) is 4.68. The normalized spacial score (nSPS) is 15.7. The number of nitrogens with one attached hydrogen (secondary N) is 2. The lowest BCUT2D eigenvalue weighted by Crippen LogP contribution is -2.33. The average molecular weight is 293 g/mol. The van der Waals surface area contributed by atoms with Crippen LogP contribution in [0.4, 0.5) is 5.82 Å². The van der Waals surface area contributed by atoms with Crippen LogP contribution in [-0.4, -0.2) is 50.4 Å². The standard InChI is InChI=1S/C15H23N3O3/c1-11-13(15(19)20-2)3-4-14(18-11)17-9-10-21-12-5-7-16-8-6-12/h3-4,12,16H,5-10H2,1-2H3,(H,17,18). The van der Waals surface area contributed by atoms with Gasteiger partial charge in [0.15, 0.2) is 0 Å². The smallest absolute Gasteiger partial charge is 0.339 e. The molecule has 0 amide bonds. The summed E-state index contributed by atoms with van der Waals surface area (Å²) in [6, 6.07) is 3.51. The summed E-state index contributed by atoms with van der Waals surface area (Å²) in [5, 5.41) is 6.52. The van der Waals surface area contributed by atoms with Gasteiger partial charge in [0.05, 0.1) is 31.1 Å². The van der Waals surface area contributed by atoms with E-state index in [0.29, 0.717) is 30.5 Å². The monoisotopic (exact) mass is 293 g/mol. The molecule has 1 saturated heterocycles. The van der Waals surface area contributed by atoms with E-state index in [1.54, 1.807) is 19.1 Å². The lowest BCUT2D eigenvalue weighted by Gasteiger charge is -2.23. The van der Waals surface area contributed by atoms with Gasteiger partial charge in [-0.05, 0) is 45.0 Å². The van der Waals surface area contributed by atoms with Crippen LogP contribution in [-0.2, 0) is 9.47 Å². The molecule has 1 aromatic heterocycles. The Kier molecular flexibility index (Phi) is 5.95. The molecule has 2 rings (SSSR count). The van der Waals surface area contributed by atoms with Gasteiger partial charge in [-0.1, -0.05) is 0 Å². The number of esters is 1. The molecule has 0 atom stereocenters. The molecule has 6 nitrogen and oxygen atoms in total. The summed E-state index contributed by atoms with van der Waals surface area (Å²) in [6.45, 7) is 5.22. The highest BCUT2D eigenvalue weighted by molar-refractivity contribution is 5.90. The first-order chi connectivity index (χ1) is 10.2. The Labute approximate surface area is 125 Å². The van der Waals surface area contributed by atoms with Crippen molar-refractivity contribution in [2.45, 2.75) is 25.9 Å². The van der Waals surface area contributed by atoms with Crippen molar-refractivity contribution in [1.29, 1.82) is 0 Å². The summed E-state index contributed by atoms with van der Waals surface area (Å²) in [5.74, 6) is 0.384. The number of rotatable bonds is 6. The maximum Gasteiger partial charge on any atom is 0.339 e. The summed E-state index contributed by atoms with van der Waals surface area (Å²) in [6.07, 6.45) is 2.51. The number of hydrogen-bond acceptors (Lipinski definition) is 6. The lowest BCUT2D eigenvalue weighted by molar-refractivity contribution is 0.0394. The van der Waals surface area contributed by atoms with Gasteiger partial charge in [0, 0.05) is 6.54 Å². The van der Waals surface area contributed by atoms with Crippen molar-refractivity contribution < 1.29 is 14.3 Å². The fraction of sp³-hybridized carbons (Fsp3) is 0.600. The van der Waals surface area contributed by atoms with E-state index in [1.165, 1.54) is 7.11 Å². The van der Waals surface area contributed by atoms with E-state index in [-0.39, 0.29) is 5.97 Å². The van der Waals surface area contributed by atoms with Crippen LogP contribution in [0.15, 0.2) is 12.1 Å². The van der Waals surface area contributed by atoms with Crippen molar-refractivity contribution in [2.24, 2.45) is 0 Å². The van der Waals surface area contributed by atoms with Crippen LogP contribution in [0, 0.1) is 6.92 Å². The predicted molar refractivity (Wildman–Crippen MR) is 80.6 cm³/mol. The molecule has 1 aromatic rings. The fourth-order valence-corrected chi connectivity index (χ4v) is 2.35. The zero-order valence-electron chi connectivity index (χ0n) is 12.6. The van der Waals surface area contributed by atoms with Crippen LogP contribution in [0.2, 0.25) is 0 Å². The molecule has 0 saturated carbocycles. The van der Waals surface area contributed by atoms with E-state index in [1.807, 2.05) is 0 Å². The predicted octanol–water partition coefficient (Wildman–Crippen LogP) is 1.36.